The predicted octanol–water partition coefficient (Wildman–Crippen LogP) is 6.08. The fraction of sp³-hybridized carbons (Fsp3) is 0.0909. The Labute approximate surface area is 166 Å². The number of carbonyl (C=O) groups is 1. The number of ether oxygens (including phenoxy) is 1. The van der Waals surface area contributed by atoms with Crippen LogP contribution in [0, 0.1) is 0 Å². The smallest absolute Gasteiger partial charge is 0.310 e. The number of halogens is 2. The maximum Gasteiger partial charge on any atom is 0.310 e. The van der Waals surface area contributed by atoms with Crippen molar-refractivity contribution < 1.29 is 9.53 Å². The van der Waals surface area contributed by atoms with Gasteiger partial charge in [-0.3, -0.25) is 4.79 Å². The van der Waals surface area contributed by atoms with Crippen molar-refractivity contribution in [2.24, 2.45) is 0 Å². The van der Waals surface area contributed by atoms with Crippen LogP contribution in [0.5, 0.6) is 0 Å². The number of benzene rings is 3. The molecule has 134 valence electrons. The molecule has 0 spiro atoms. The number of rotatable bonds is 3. The lowest BCUT2D eigenvalue weighted by molar-refractivity contribution is -0.139. The summed E-state index contributed by atoms with van der Waals surface area (Å²) in [5, 5.41) is 4.17. The molecule has 0 atom stereocenters. The first kappa shape index (κ1) is 17.8. The van der Waals surface area contributed by atoms with Gasteiger partial charge in [-0.05, 0) is 46.7 Å². The van der Waals surface area contributed by atoms with E-state index < -0.39 is 0 Å². The summed E-state index contributed by atoms with van der Waals surface area (Å²) in [6.07, 6.45) is 0.155. The van der Waals surface area contributed by atoms with Gasteiger partial charge in [-0.15, -0.1) is 0 Å². The van der Waals surface area contributed by atoms with E-state index in [0.717, 1.165) is 32.8 Å². The van der Waals surface area contributed by atoms with Crippen LogP contribution < -0.4 is 0 Å². The normalized spacial score (nSPS) is 11.1. The predicted molar refractivity (Wildman–Crippen MR) is 110 cm³/mol. The van der Waals surface area contributed by atoms with Crippen LogP contribution in [0.15, 0.2) is 60.7 Å². The Morgan fingerprint density at radius 2 is 1.85 bits per heavy atom. The molecule has 27 heavy (non-hydrogen) atoms. The van der Waals surface area contributed by atoms with Crippen LogP contribution in [0.2, 0.25) is 10.0 Å². The van der Waals surface area contributed by atoms with Crippen LogP contribution in [0.25, 0.3) is 32.9 Å². The highest BCUT2D eigenvalue weighted by atomic mass is 35.5. The lowest BCUT2D eigenvalue weighted by atomic mass is 9.97. The van der Waals surface area contributed by atoms with E-state index in [9.17, 15) is 4.79 Å². The van der Waals surface area contributed by atoms with Gasteiger partial charge in [0, 0.05) is 16.0 Å². The van der Waals surface area contributed by atoms with Gasteiger partial charge < -0.3 is 4.74 Å². The molecule has 0 N–H and O–H groups in total. The van der Waals surface area contributed by atoms with Gasteiger partial charge in [0.25, 0.3) is 0 Å². The molecule has 0 aliphatic heterocycles. The summed E-state index contributed by atoms with van der Waals surface area (Å²) in [4.78, 5) is 16.8. The average molecular weight is 396 g/mol. The number of carbonyl (C=O) groups excluding carboxylic acids is 1. The first-order valence-corrected chi connectivity index (χ1v) is 9.16. The summed E-state index contributed by atoms with van der Waals surface area (Å²) in [5.41, 5.74) is 3.11. The second-order valence-electron chi connectivity index (χ2n) is 6.22. The third-order valence-electron chi connectivity index (χ3n) is 4.55. The monoisotopic (exact) mass is 395 g/mol. The van der Waals surface area contributed by atoms with E-state index in [4.69, 9.17) is 32.9 Å². The Kier molecular flexibility index (Phi) is 4.73. The summed E-state index contributed by atoms with van der Waals surface area (Å²) in [7, 11) is 1.39. The molecule has 0 aliphatic carbocycles. The molecule has 1 aromatic heterocycles. The van der Waals surface area contributed by atoms with E-state index in [1.807, 2.05) is 48.5 Å². The second kappa shape index (κ2) is 7.18. The highest BCUT2D eigenvalue weighted by molar-refractivity contribution is 6.36. The molecular formula is C22H15Cl2NO2. The lowest BCUT2D eigenvalue weighted by Gasteiger charge is -2.13. The van der Waals surface area contributed by atoms with Crippen molar-refractivity contribution in [3.05, 3.63) is 76.3 Å². The molecular weight excluding hydrogens is 381 g/mol. The van der Waals surface area contributed by atoms with Crippen molar-refractivity contribution in [2.75, 3.05) is 7.11 Å². The molecule has 4 rings (SSSR count). The second-order valence-corrected chi connectivity index (χ2v) is 7.07. The quantitative estimate of drug-likeness (QED) is 0.311. The van der Waals surface area contributed by atoms with E-state index in [2.05, 4.69) is 0 Å². The van der Waals surface area contributed by atoms with E-state index in [1.165, 1.54) is 7.11 Å². The van der Waals surface area contributed by atoms with E-state index in [-0.39, 0.29) is 12.4 Å². The highest BCUT2D eigenvalue weighted by Gasteiger charge is 2.15. The fourth-order valence-electron chi connectivity index (χ4n) is 3.29. The molecule has 0 saturated heterocycles. The van der Waals surface area contributed by atoms with Crippen molar-refractivity contribution in [1.29, 1.82) is 0 Å². The van der Waals surface area contributed by atoms with Crippen LogP contribution in [0.1, 0.15) is 5.56 Å². The zero-order valence-electron chi connectivity index (χ0n) is 14.5. The number of pyridine rings is 1. The number of methoxy groups -OCH3 is 1. The molecule has 0 bridgehead atoms. The number of nitrogens with zero attached hydrogens (tertiary/aromatic N) is 1. The molecule has 0 unspecified atom stereocenters. The zero-order chi connectivity index (χ0) is 19.0. The molecule has 0 fully saturated rings. The van der Waals surface area contributed by atoms with Crippen molar-refractivity contribution in [3.63, 3.8) is 0 Å². The van der Waals surface area contributed by atoms with Crippen molar-refractivity contribution in [1.82, 2.24) is 4.98 Å². The Hall–Kier alpha value is -2.62. The minimum absolute atomic E-state index is 0.155. The Bertz CT molecular complexity index is 1190. The molecule has 0 amide bonds. The molecule has 0 aliphatic rings. The summed E-state index contributed by atoms with van der Waals surface area (Å²) >= 11 is 12.4. The van der Waals surface area contributed by atoms with E-state index >= 15 is 0 Å². The van der Waals surface area contributed by atoms with Gasteiger partial charge >= 0.3 is 5.97 Å². The van der Waals surface area contributed by atoms with Crippen LogP contribution in [0.3, 0.4) is 0 Å². The zero-order valence-corrected chi connectivity index (χ0v) is 16.0. The fourth-order valence-corrected chi connectivity index (χ4v) is 3.80. The van der Waals surface area contributed by atoms with Crippen LogP contribution >= 0.6 is 23.2 Å². The summed E-state index contributed by atoms with van der Waals surface area (Å²) in [6, 6.07) is 19.2. The van der Waals surface area contributed by atoms with Crippen LogP contribution in [-0.4, -0.2) is 18.1 Å². The number of aromatic nitrogens is 1. The van der Waals surface area contributed by atoms with Gasteiger partial charge in [-0.1, -0.05) is 53.5 Å². The minimum atomic E-state index is -0.302. The molecule has 0 radical (unpaired) electrons. The highest BCUT2D eigenvalue weighted by Crippen LogP contribution is 2.34. The Morgan fingerprint density at radius 1 is 1.04 bits per heavy atom. The molecule has 0 saturated carbocycles. The maximum atomic E-state index is 12.0. The number of fused-ring (bicyclic) bond motifs is 3. The minimum Gasteiger partial charge on any atom is -0.469 e. The van der Waals surface area contributed by atoms with Crippen molar-refractivity contribution >= 4 is 50.8 Å². The summed E-state index contributed by atoms with van der Waals surface area (Å²) < 4.78 is 4.90. The first-order chi connectivity index (χ1) is 13.1. The van der Waals surface area contributed by atoms with Gasteiger partial charge in [0.05, 0.1) is 29.8 Å². The standard InChI is InChI=1S/C22H15Cl2NO2/c1-27-21(26)11-14-10-20(17-8-7-15(23)12-18(17)24)25-19-9-6-13-4-2-3-5-16(13)22(14)19/h2-10,12H,11H2,1H3. The third kappa shape index (κ3) is 3.36. The molecule has 1 heterocycles. The van der Waals surface area contributed by atoms with Gasteiger partial charge in [-0.25, -0.2) is 4.98 Å². The molecule has 5 heteroatoms. The summed E-state index contributed by atoms with van der Waals surface area (Å²) in [6.45, 7) is 0. The number of hydrogen-bond acceptors (Lipinski definition) is 3. The third-order valence-corrected chi connectivity index (χ3v) is 5.10. The summed E-state index contributed by atoms with van der Waals surface area (Å²) in [5.74, 6) is -0.302. The molecule has 3 aromatic carbocycles. The van der Waals surface area contributed by atoms with Gasteiger partial charge in [-0.2, -0.15) is 0 Å². The largest absolute Gasteiger partial charge is 0.469 e. The first-order valence-electron chi connectivity index (χ1n) is 8.40. The van der Waals surface area contributed by atoms with Gasteiger partial charge in [0.2, 0.25) is 0 Å². The molecule has 4 aromatic rings. The van der Waals surface area contributed by atoms with Crippen molar-refractivity contribution in [2.45, 2.75) is 6.42 Å². The van der Waals surface area contributed by atoms with E-state index in [1.54, 1.807) is 12.1 Å². The van der Waals surface area contributed by atoms with Crippen LogP contribution in [0.4, 0.5) is 0 Å². The van der Waals surface area contributed by atoms with Gasteiger partial charge in [0.1, 0.15) is 0 Å². The SMILES string of the molecule is COC(=O)Cc1cc(-c2ccc(Cl)cc2Cl)nc2ccc3ccccc3c12. The van der Waals surface area contributed by atoms with E-state index in [0.29, 0.717) is 15.7 Å². The Morgan fingerprint density at radius 3 is 2.63 bits per heavy atom. The van der Waals surface area contributed by atoms with Crippen molar-refractivity contribution in [3.8, 4) is 11.3 Å². The average Bonchev–Trinajstić information content (AvgIpc) is 2.67. The number of esters is 1. The lowest BCUT2D eigenvalue weighted by Crippen LogP contribution is -2.06. The molecule has 3 nitrogen and oxygen atoms in total. The van der Waals surface area contributed by atoms with Crippen LogP contribution in [-0.2, 0) is 16.0 Å². The van der Waals surface area contributed by atoms with Gasteiger partial charge in [0.15, 0.2) is 0 Å². The topological polar surface area (TPSA) is 39.2 Å². The maximum absolute atomic E-state index is 12.0. The number of hydrogen-bond donors (Lipinski definition) is 0. The Balaban J connectivity index is 2.03.